The molecule has 1 N–H and O–H groups in total. The zero-order valence-electron chi connectivity index (χ0n) is 11.1. The van der Waals surface area contributed by atoms with Crippen molar-refractivity contribution in [3.8, 4) is 11.1 Å². The van der Waals surface area contributed by atoms with Gasteiger partial charge in [0, 0.05) is 0 Å². The van der Waals surface area contributed by atoms with E-state index in [1.165, 1.54) is 0 Å². The fourth-order valence-electron chi connectivity index (χ4n) is 2.06. The first-order chi connectivity index (χ1) is 10.5. The summed E-state index contributed by atoms with van der Waals surface area (Å²) < 4.78 is 0. The molecule has 3 nitrogen and oxygen atoms in total. The van der Waals surface area contributed by atoms with Crippen LogP contribution in [0, 0.1) is 0 Å². The standard InChI is InChI=1S/C16H9Cl2NO2S/c17-12-5-4-11(8-13(12)18)10-3-1-2-9(6-10)7-14-15(20)19-16(21)22-14/h1-8H,(H,19,20,21)/b14-7+. The Morgan fingerprint density at radius 3 is 2.41 bits per heavy atom. The maximum atomic E-state index is 11.6. The van der Waals surface area contributed by atoms with Crippen molar-refractivity contribution in [3.05, 3.63) is 63.0 Å². The van der Waals surface area contributed by atoms with Crippen LogP contribution in [0.25, 0.3) is 17.2 Å². The molecule has 0 spiro atoms. The van der Waals surface area contributed by atoms with E-state index in [2.05, 4.69) is 5.32 Å². The first-order valence-corrected chi connectivity index (χ1v) is 7.90. The monoisotopic (exact) mass is 349 g/mol. The smallest absolute Gasteiger partial charge is 0.282 e. The molecule has 0 aliphatic carbocycles. The Kier molecular flexibility index (Phi) is 4.25. The molecule has 1 aliphatic heterocycles. The highest BCUT2D eigenvalue weighted by Gasteiger charge is 2.24. The van der Waals surface area contributed by atoms with E-state index in [0.717, 1.165) is 28.5 Å². The van der Waals surface area contributed by atoms with Crippen LogP contribution >= 0.6 is 35.0 Å². The maximum Gasteiger partial charge on any atom is 0.290 e. The van der Waals surface area contributed by atoms with Gasteiger partial charge in [-0.1, -0.05) is 47.5 Å². The fraction of sp³-hybridized carbons (Fsp3) is 0. The molecule has 0 radical (unpaired) electrons. The molecule has 22 heavy (non-hydrogen) atoms. The second-order valence-electron chi connectivity index (χ2n) is 4.61. The number of nitrogens with one attached hydrogen (secondary N) is 1. The van der Waals surface area contributed by atoms with Gasteiger partial charge in [-0.05, 0) is 52.7 Å². The summed E-state index contributed by atoms with van der Waals surface area (Å²) in [4.78, 5) is 23.1. The quantitative estimate of drug-likeness (QED) is 0.777. The maximum absolute atomic E-state index is 11.6. The van der Waals surface area contributed by atoms with Gasteiger partial charge in [0.2, 0.25) is 0 Å². The summed E-state index contributed by atoms with van der Waals surface area (Å²) in [7, 11) is 0. The first-order valence-electron chi connectivity index (χ1n) is 6.33. The Bertz CT molecular complexity index is 818. The molecule has 2 amide bonds. The van der Waals surface area contributed by atoms with E-state index in [-0.39, 0.29) is 11.1 Å². The lowest BCUT2D eigenvalue weighted by molar-refractivity contribution is -0.115. The van der Waals surface area contributed by atoms with E-state index < -0.39 is 0 Å². The van der Waals surface area contributed by atoms with Gasteiger partial charge in [0.1, 0.15) is 0 Å². The minimum atomic E-state index is -0.366. The van der Waals surface area contributed by atoms with Crippen molar-refractivity contribution in [2.45, 2.75) is 0 Å². The van der Waals surface area contributed by atoms with Crippen LogP contribution in [0.4, 0.5) is 4.79 Å². The molecule has 2 aromatic carbocycles. The Morgan fingerprint density at radius 2 is 1.73 bits per heavy atom. The molecule has 0 atom stereocenters. The van der Waals surface area contributed by atoms with Crippen molar-refractivity contribution < 1.29 is 9.59 Å². The van der Waals surface area contributed by atoms with Gasteiger partial charge in [0.15, 0.2) is 0 Å². The Balaban J connectivity index is 1.96. The first kappa shape index (κ1) is 15.2. The number of hydrogen-bond acceptors (Lipinski definition) is 3. The molecule has 0 aromatic heterocycles. The Hall–Kier alpha value is -1.75. The van der Waals surface area contributed by atoms with Crippen molar-refractivity contribution in [1.29, 1.82) is 0 Å². The van der Waals surface area contributed by atoms with E-state index in [0.29, 0.717) is 15.0 Å². The molecule has 6 heteroatoms. The second-order valence-corrected chi connectivity index (χ2v) is 6.44. The van der Waals surface area contributed by atoms with Crippen LogP contribution < -0.4 is 5.32 Å². The molecule has 0 unspecified atom stereocenters. The number of imide groups is 1. The van der Waals surface area contributed by atoms with E-state index >= 15 is 0 Å². The van der Waals surface area contributed by atoms with Crippen LogP contribution in [0.2, 0.25) is 10.0 Å². The van der Waals surface area contributed by atoms with Gasteiger partial charge in [0.05, 0.1) is 15.0 Å². The zero-order valence-corrected chi connectivity index (χ0v) is 13.4. The topological polar surface area (TPSA) is 46.2 Å². The molecule has 0 saturated carbocycles. The molecule has 1 heterocycles. The van der Waals surface area contributed by atoms with Crippen molar-refractivity contribution in [2.75, 3.05) is 0 Å². The van der Waals surface area contributed by atoms with Crippen LogP contribution in [0.5, 0.6) is 0 Å². The van der Waals surface area contributed by atoms with Gasteiger partial charge in [-0.2, -0.15) is 0 Å². The average molecular weight is 350 g/mol. The van der Waals surface area contributed by atoms with Crippen molar-refractivity contribution >= 4 is 52.2 Å². The summed E-state index contributed by atoms with van der Waals surface area (Å²) in [5.41, 5.74) is 2.70. The van der Waals surface area contributed by atoms with Crippen molar-refractivity contribution in [2.24, 2.45) is 0 Å². The highest BCUT2D eigenvalue weighted by atomic mass is 35.5. The summed E-state index contributed by atoms with van der Waals surface area (Å²) in [5, 5.41) is 2.87. The number of carbonyl (C=O) groups excluding carboxylic acids is 2. The van der Waals surface area contributed by atoms with E-state index in [1.54, 1.807) is 18.2 Å². The van der Waals surface area contributed by atoms with Gasteiger partial charge < -0.3 is 0 Å². The van der Waals surface area contributed by atoms with Gasteiger partial charge in [-0.3, -0.25) is 14.9 Å². The van der Waals surface area contributed by atoms with Crippen LogP contribution in [-0.4, -0.2) is 11.1 Å². The van der Waals surface area contributed by atoms with Crippen LogP contribution in [-0.2, 0) is 4.79 Å². The average Bonchev–Trinajstić information content (AvgIpc) is 2.80. The van der Waals surface area contributed by atoms with Gasteiger partial charge in [0.25, 0.3) is 11.1 Å². The summed E-state index contributed by atoms with van der Waals surface area (Å²) in [5.74, 6) is -0.366. The number of rotatable bonds is 2. The number of halogens is 2. The number of amides is 2. The third-order valence-corrected chi connectivity index (χ3v) is 4.63. The molecule has 1 aliphatic rings. The summed E-state index contributed by atoms with van der Waals surface area (Å²) in [6.45, 7) is 0. The predicted octanol–water partition coefficient (Wildman–Crippen LogP) is 4.98. The Labute approximate surface area is 141 Å². The van der Waals surface area contributed by atoms with E-state index in [9.17, 15) is 9.59 Å². The molecule has 3 rings (SSSR count). The summed E-state index contributed by atoms with van der Waals surface area (Å²) in [6.07, 6.45) is 1.69. The number of hydrogen-bond donors (Lipinski definition) is 1. The molecule has 1 saturated heterocycles. The third kappa shape index (κ3) is 3.19. The third-order valence-electron chi connectivity index (χ3n) is 3.08. The van der Waals surface area contributed by atoms with Crippen molar-refractivity contribution in [1.82, 2.24) is 5.32 Å². The molecular formula is C16H9Cl2NO2S. The van der Waals surface area contributed by atoms with Crippen LogP contribution in [0.3, 0.4) is 0 Å². The fourth-order valence-corrected chi connectivity index (χ4v) is 3.04. The summed E-state index contributed by atoms with van der Waals surface area (Å²) >= 11 is 12.9. The second kappa shape index (κ2) is 6.16. The van der Waals surface area contributed by atoms with Crippen LogP contribution in [0.15, 0.2) is 47.4 Å². The molecular weight excluding hydrogens is 341 g/mol. The van der Waals surface area contributed by atoms with Crippen molar-refractivity contribution in [3.63, 3.8) is 0 Å². The Morgan fingerprint density at radius 1 is 0.955 bits per heavy atom. The largest absolute Gasteiger partial charge is 0.290 e. The highest BCUT2D eigenvalue weighted by molar-refractivity contribution is 8.18. The molecule has 1 fully saturated rings. The predicted molar refractivity (Wildman–Crippen MR) is 91.0 cm³/mol. The van der Waals surface area contributed by atoms with Crippen LogP contribution in [0.1, 0.15) is 5.56 Å². The van der Waals surface area contributed by atoms with Gasteiger partial charge in [-0.15, -0.1) is 0 Å². The molecule has 2 aromatic rings. The SMILES string of the molecule is O=C1NC(=O)/C(=C\c2cccc(-c3ccc(Cl)c(Cl)c3)c2)S1. The number of benzene rings is 2. The highest BCUT2D eigenvalue weighted by Crippen LogP contribution is 2.30. The van der Waals surface area contributed by atoms with Gasteiger partial charge in [-0.25, -0.2) is 0 Å². The van der Waals surface area contributed by atoms with E-state index in [4.69, 9.17) is 23.2 Å². The normalized spacial score (nSPS) is 16.2. The number of carbonyl (C=O) groups is 2. The number of thioether (sulfide) groups is 1. The lowest BCUT2D eigenvalue weighted by Gasteiger charge is -2.05. The minimum absolute atomic E-state index is 0.350. The molecule has 110 valence electrons. The van der Waals surface area contributed by atoms with E-state index in [1.807, 2.05) is 30.3 Å². The zero-order chi connectivity index (χ0) is 15.7. The molecule has 0 bridgehead atoms. The summed E-state index contributed by atoms with van der Waals surface area (Å²) in [6, 6.07) is 13.0. The lowest BCUT2D eigenvalue weighted by atomic mass is 10.0. The lowest BCUT2D eigenvalue weighted by Crippen LogP contribution is -2.17. The van der Waals surface area contributed by atoms with Gasteiger partial charge >= 0.3 is 0 Å². The minimum Gasteiger partial charge on any atom is -0.282 e.